The first kappa shape index (κ1) is 25.3. The normalized spacial score (nSPS) is 22.4. The molecule has 0 saturated carbocycles. The Hall–Kier alpha value is -3.99. The van der Waals surface area contributed by atoms with Crippen LogP contribution in [-0.2, 0) is 14.3 Å². The van der Waals surface area contributed by atoms with Crippen LogP contribution in [-0.4, -0.2) is 51.7 Å². The van der Waals surface area contributed by atoms with Gasteiger partial charge < -0.3 is 33.2 Å². The molecule has 2 aromatic carbocycles. The van der Waals surface area contributed by atoms with Crippen LogP contribution in [0.15, 0.2) is 47.1 Å². The van der Waals surface area contributed by atoms with E-state index in [1.54, 1.807) is 18.2 Å². The van der Waals surface area contributed by atoms with Crippen LogP contribution in [0.2, 0.25) is 0 Å². The summed E-state index contributed by atoms with van der Waals surface area (Å²) in [6, 6.07) is 12.3. The van der Waals surface area contributed by atoms with Crippen LogP contribution >= 0.6 is 15.9 Å². The van der Waals surface area contributed by atoms with Gasteiger partial charge >= 0.3 is 11.9 Å². The van der Waals surface area contributed by atoms with Crippen LogP contribution in [0.3, 0.4) is 0 Å². The molecular weight excluding hydrogens is 574 g/mol. The molecule has 6 rings (SSSR count). The topological polar surface area (TPSA) is 112 Å². The number of cyclic esters (lactones) is 1. The summed E-state index contributed by atoms with van der Waals surface area (Å²) in [6.07, 6.45) is -0.794. The minimum absolute atomic E-state index is 0.0639. The third-order valence-electron chi connectivity index (χ3n) is 7.32. The van der Waals surface area contributed by atoms with E-state index < -0.39 is 29.8 Å². The number of fused-ring (bicyclic) bond motifs is 3. The fourth-order valence-corrected chi connectivity index (χ4v) is 5.99. The third-order valence-corrected chi connectivity index (χ3v) is 7.77. The third kappa shape index (κ3) is 4.21. The molecule has 39 heavy (non-hydrogen) atoms. The van der Waals surface area contributed by atoms with Gasteiger partial charge in [0, 0.05) is 17.4 Å². The van der Waals surface area contributed by atoms with E-state index in [1.165, 1.54) is 21.3 Å². The number of aromatic nitrogens is 1. The Bertz CT molecular complexity index is 1450. The van der Waals surface area contributed by atoms with Crippen molar-refractivity contribution in [1.29, 1.82) is 0 Å². The second-order valence-corrected chi connectivity index (χ2v) is 10.1. The van der Waals surface area contributed by atoms with Crippen molar-refractivity contribution in [2.24, 2.45) is 11.8 Å². The summed E-state index contributed by atoms with van der Waals surface area (Å²) in [5.41, 5.74) is 2.33. The molecule has 1 aromatic heterocycles. The molecule has 0 radical (unpaired) electrons. The van der Waals surface area contributed by atoms with E-state index in [9.17, 15) is 9.59 Å². The van der Waals surface area contributed by atoms with Crippen LogP contribution in [0.4, 0.5) is 0 Å². The Labute approximate surface area is 232 Å². The summed E-state index contributed by atoms with van der Waals surface area (Å²) in [7, 11) is 4.60. The van der Waals surface area contributed by atoms with Gasteiger partial charge in [0.05, 0.1) is 33.9 Å². The number of esters is 2. The predicted molar refractivity (Wildman–Crippen MR) is 139 cm³/mol. The number of ether oxygens (including phenoxy) is 7. The number of pyridine rings is 1. The molecule has 11 heteroatoms. The number of benzene rings is 2. The molecule has 0 spiro atoms. The van der Waals surface area contributed by atoms with E-state index >= 15 is 0 Å². The Morgan fingerprint density at radius 1 is 0.949 bits per heavy atom. The molecule has 3 aromatic rings. The highest BCUT2D eigenvalue weighted by atomic mass is 79.9. The standard InChI is InChI=1S/C28H24BrNO9/c1-33-20-7-13(8-21(34-2)26(20)35-3)23-14-9-18-19(38-12-37-18)10-15(14)25(16-11-36-28(32)24(16)23)39-27(31)17-5-4-6-22(29)30-17/h4-10,16,23-25H,11-12H2,1-3H3/t16-,23+,24-,25-/m0/s1. The molecule has 3 heterocycles. The lowest BCUT2D eigenvalue weighted by Crippen LogP contribution is -2.36. The maximum atomic E-state index is 13.3. The van der Waals surface area contributed by atoms with Gasteiger partial charge in [-0.25, -0.2) is 9.78 Å². The van der Waals surface area contributed by atoms with Crippen LogP contribution in [0, 0.1) is 11.8 Å². The number of hydrogen-bond donors (Lipinski definition) is 0. The molecule has 0 unspecified atom stereocenters. The highest BCUT2D eigenvalue weighted by Gasteiger charge is 2.54. The zero-order valence-electron chi connectivity index (χ0n) is 21.3. The van der Waals surface area contributed by atoms with E-state index in [-0.39, 0.29) is 25.1 Å². The van der Waals surface area contributed by atoms with Crippen molar-refractivity contribution in [2.75, 3.05) is 34.7 Å². The predicted octanol–water partition coefficient (Wildman–Crippen LogP) is 4.43. The lowest BCUT2D eigenvalue weighted by molar-refractivity contribution is -0.141. The average molecular weight is 598 g/mol. The minimum atomic E-state index is -0.794. The Kier molecular flexibility index (Phi) is 6.46. The summed E-state index contributed by atoms with van der Waals surface area (Å²) >= 11 is 3.29. The summed E-state index contributed by atoms with van der Waals surface area (Å²) < 4.78 is 40.2. The maximum Gasteiger partial charge on any atom is 0.357 e. The van der Waals surface area contributed by atoms with E-state index in [2.05, 4.69) is 20.9 Å². The van der Waals surface area contributed by atoms with Gasteiger partial charge in [0.2, 0.25) is 12.5 Å². The van der Waals surface area contributed by atoms with Crippen molar-refractivity contribution in [2.45, 2.75) is 12.0 Å². The number of carbonyl (C=O) groups excluding carboxylic acids is 2. The van der Waals surface area contributed by atoms with Crippen molar-refractivity contribution >= 4 is 27.9 Å². The fourth-order valence-electron chi connectivity index (χ4n) is 5.64. The van der Waals surface area contributed by atoms with Gasteiger partial charge in [-0.05, 0) is 63.5 Å². The van der Waals surface area contributed by atoms with Crippen molar-refractivity contribution in [3.05, 3.63) is 69.5 Å². The number of halogens is 1. The SMILES string of the molecule is COc1cc([C@@H]2c3cc4c(cc3[C@H](OC(=O)c3cccc(Br)n3)[C@H]3COC(=O)[C@H]23)OCO4)cc(OC)c1OC. The van der Waals surface area contributed by atoms with Gasteiger partial charge in [-0.3, -0.25) is 4.79 Å². The molecule has 0 amide bonds. The smallest absolute Gasteiger partial charge is 0.357 e. The highest BCUT2D eigenvalue weighted by molar-refractivity contribution is 9.10. The number of carbonyl (C=O) groups is 2. The van der Waals surface area contributed by atoms with Crippen LogP contribution < -0.4 is 23.7 Å². The van der Waals surface area contributed by atoms with Crippen molar-refractivity contribution in [1.82, 2.24) is 4.98 Å². The molecule has 10 nitrogen and oxygen atoms in total. The monoisotopic (exact) mass is 597 g/mol. The van der Waals surface area contributed by atoms with Crippen LogP contribution in [0.5, 0.6) is 28.7 Å². The first-order chi connectivity index (χ1) is 18.9. The van der Waals surface area contributed by atoms with E-state index in [0.29, 0.717) is 38.9 Å². The van der Waals surface area contributed by atoms with Crippen molar-refractivity contribution < 1.29 is 42.7 Å². The summed E-state index contributed by atoms with van der Waals surface area (Å²) in [4.78, 5) is 30.8. The number of rotatable bonds is 6. The number of nitrogens with zero attached hydrogens (tertiary/aromatic N) is 1. The molecule has 0 N–H and O–H groups in total. The van der Waals surface area contributed by atoms with E-state index in [4.69, 9.17) is 33.2 Å². The highest BCUT2D eigenvalue weighted by Crippen LogP contribution is 2.56. The van der Waals surface area contributed by atoms with Gasteiger partial charge in [0.25, 0.3) is 0 Å². The molecule has 1 saturated heterocycles. The fraction of sp³-hybridized carbons (Fsp3) is 0.321. The summed E-state index contributed by atoms with van der Waals surface area (Å²) in [5, 5.41) is 0. The van der Waals surface area contributed by atoms with Gasteiger partial charge in [0.1, 0.15) is 16.4 Å². The Morgan fingerprint density at radius 3 is 2.28 bits per heavy atom. The van der Waals surface area contributed by atoms with E-state index in [0.717, 1.165) is 11.1 Å². The van der Waals surface area contributed by atoms with Gasteiger partial charge in [-0.2, -0.15) is 0 Å². The first-order valence-electron chi connectivity index (χ1n) is 12.2. The summed E-state index contributed by atoms with van der Waals surface area (Å²) in [6.45, 7) is 0.149. The van der Waals surface area contributed by atoms with Gasteiger partial charge in [-0.15, -0.1) is 0 Å². The zero-order valence-corrected chi connectivity index (χ0v) is 22.9. The Balaban J connectivity index is 1.52. The van der Waals surface area contributed by atoms with Crippen LogP contribution in [0.25, 0.3) is 0 Å². The largest absolute Gasteiger partial charge is 0.493 e. The molecular formula is C28H24BrNO9. The van der Waals surface area contributed by atoms with Gasteiger partial charge in [0.15, 0.2) is 23.0 Å². The first-order valence-corrected chi connectivity index (χ1v) is 13.0. The molecule has 2 aliphatic heterocycles. The Morgan fingerprint density at radius 2 is 1.64 bits per heavy atom. The molecule has 4 atom stereocenters. The number of methoxy groups -OCH3 is 3. The second kappa shape index (κ2) is 9.96. The van der Waals surface area contributed by atoms with Crippen LogP contribution in [0.1, 0.15) is 39.2 Å². The van der Waals surface area contributed by atoms with Crippen molar-refractivity contribution in [3.8, 4) is 28.7 Å². The molecule has 1 fully saturated rings. The molecule has 3 aliphatic rings. The maximum absolute atomic E-state index is 13.3. The molecule has 0 bridgehead atoms. The van der Waals surface area contributed by atoms with Crippen molar-refractivity contribution in [3.63, 3.8) is 0 Å². The zero-order chi connectivity index (χ0) is 27.3. The lowest BCUT2D eigenvalue weighted by atomic mass is 9.66. The molecule has 202 valence electrons. The number of hydrogen-bond acceptors (Lipinski definition) is 10. The summed E-state index contributed by atoms with van der Waals surface area (Å²) in [5.74, 6) is -0.209. The molecule has 1 aliphatic carbocycles. The van der Waals surface area contributed by atoms with E-state index in [1.807, 2.05) is 24.3 Å². The average Bonchev–Trinajstić information content (AvgIpc) is 3.57. The lowest BCUT2D eigenvalue weighted by Gasteiger charge is -2.38. The quantitative estimate of drug-likeness (QED) is 0.299. The van der Waals surface area contributed by atoms with Gasteiger partial charge in [-0.1, -0.05) is 6.07 Å². The minimum Gasteiger partial charge on any atom is -0.493 e. The second-order valence-electron chi connectivity index (χ2n) is 9.26.